The van der Waals surface area contributed by atoms with Crippen molar-refractivity contribution in [2.75, 3.05) is 6.61 Å². The van der Waals surface area contributed by atoms with Crippen molar-refractivity contribution in [1.29, 1.82) is 0 Å². The van der Waals surface area contributed by atoms with Crippen molar-refractivity contribution in [3.8, 4) is 0 Å². The molecule has 0 saturated heterocycles. The van der Waals surface area contributed by atoms with Gasteiger partial charge in [-0.05, 0) is 5.56 Å². The number of amides is 1. The maximum atomic E-state index is 11.5. The van der Waals surface area contributed by atoms with Crippen LogP contribution in [0.5, 0.6) is 0 Å². The van der Waals surface area contributed by atoms with Gasteiger partial charge in [0.2, 0.25) is 0 Å². The zero-order valence-electron chi connectivity index (χ0n) is 10.7. The Labute approximate surface area is 115 Å². The predicted octanol–water partition coefficient (Wildman–Crippen LogP) is 0.109. The lowest BCUT2D eigenvalue weighted by Crippen LogP contribution is -2.43. The topological polar surface area (TPSA) is 116 Å². The molecule has 0 aromatic heterocycles. The Balaban J connectivity index is 2.44. The quantitative estimate of drug-likeness (QED) is 0.564. The number of carbonyl (C=O) groups excluding carboxylic acids is 1. The second-order valence-electron chi connectivity index (χ2n) is 4.17. The molecule has 2 unspecified atom stereocenters. The van der Waals surface area contributed by atoms with Gasteiger partial charge in [0.25, 0.3) is 0 Å². The van der Waals surface area contributed by atoms with Crippen LogP contribution in [-0.2, 0) is 16.1 Å². The molecule has 0 spiro atoms. The van der Waals surface area contributed by atoms with Gasteiger partial charge in [0.15, 0.2) is 0 Å². The molecule has 0 bridgehead atoms. The van der Waals surface area contributed by atoms with Gasteiger partial charge in [0.05, 0.1) is 12.7 Å². The Morgan fingerprint density at radius 1 is 1.25 bits per heavy atom. The van der Waals surface area contributed by atoms with Crippen LogP contribution in [0.2, 0.25) is 0 Å². The summed E-state index contributed by atoms with van der Waals surface area (Å²) in [6.45, 7) is -0.563. The lowest BCUT2D eigenvalue weighted by atomic mass is 10.1. The van der Waals surface area contributed by atoms with E-state index in [0.717, 1.165) is 5.56 Å². The van der Waals surface area contributed by atoms with Crippen molar-refractivity contribution in [1.82, 2.24) is 5.32 Å². The van der Waals surface area contributed by atoms with E-state index in [1.165, 1.54) is 0 Å². The maximum absolute atomic E-state index is 11.5. The van der Waals surface area contributed by atoms with Crippen LogP contribution in [0, 0.1) is 0 Å². The third kappa shape index (κ3) is 5.68. The SMILES string of the molecule is O=C(NC(CC(O)CO)C(=O)O)OCc1ccccc1. The van der Waals surface area contributed by atoms with E-state index < -0.39 is 30.8 Å². The summed E-state index contributed by atoms with van der Waals surface area (Å²) in [4.78, 5) is 22.4. The van der Waals surface area contributed by atoms with Crippen LogP contribution in [0.4, 0.5) is 4.79 Å². The first kappa shape index (κ1) is 15.9. The number of carboxylic acid groups (broad SMARTS) is 1. The molecule has 1 aromatic rings. The summed E-state index contributed by atoms with van der Waals surface area (Å²) in [7, 11) is 0. The van der Waals surface area contributed by atoms with Crippen LogP contribution in [0.1, 0.15) is 12.0 Å². The molecule has 0 fully saturated rings. The van der Waals surface area contributed by atoms with Gasteiger partial charge in [-0.2, -0.15) is 0 Å². The number of ether oxygens (including phenoxy) is 1. The zero-order valence-corrected chi connectivity index (χ0v) is 10.7. The maximum Gasteiger partial charge on any atom is 0.408 e. The monoisotopic (exact) mass is 283 g/mol. The Hall–Kier alpha value is -2.12. The van der Waals surface area contributed by atoms with Crippen LogP contribution in [0.3, 0.4) is 0 Å². The summed E-state index contributed by atoms with van der Waals surface area (Å²) in [5.41, 5.74) is 0.768. The number of rotatable bonds is 7. The number of hydrogen-bond acceptors (Lipinski definition) is 5. The lowest BCUT2D eigenvalue weighted by Gasteiger charge is -2.16. The van der Waals surface area contributed by atoms with E-state index >= 15 is 0 Å². The first-order valence-corrected chi connectivity index (χ1v) is 6.02. The summed E-state index contributed by atoms with van der Waals surface area (Å²) < 4.78 is 4.87. The van der Waals surface area contributed by atoms with E-state index in [1.807, 2.05) is 6.07 Å². The van der Waals surface area contributed by atoms with Crippen molar-refractivity contribution in [3.05, 3.63) is 35.9 Å². The fraction of sp³-hybridized carbons (Fsp3) is 0.385. The number of aliphatic hydroxyl groups is 2. The molecule has 4 N–H and O–H groups in total. The van der Waals surface area contributed by atoms with Crippen molar-refractivity contribution in [2.24, 2.45) is 0 Å². The van der Waals surface area contributed by atoms with Crippen LogP contribution in [0.15, 0.2) is 30.3 Å². The summed E-state index contributed by atoms with van der Waals surface area (Å²) in [6.07, 6.45) is -2.41. The number of hydrogen-bond donors (Lipinski definition) is 4. The minimum Gasteiger partial charge on any atom is -0.480 e. The van der Waals surface area contributed by atoms with Crippen molar-refractivity contribution in [2.45, 2.75) is 25.2 Å². The molecular formula is C13H17NO6. The Kier molecular flexibility index (Phi) is 6.48. The normalized spacial score (nSPS) is 13.3. The first-order valence-electron chi connectivity index (χ1n) is 6.02. The number of carbonyl (C=O) groups is 2. The highest BCUT2D eigenvalue weighted by Crippen LogP contribution is 2.03. The number of carboxylic acids is 1. The third-order valence-electron chi connectivity index (χ3n) is 2.52. The van der Waals surface area contributed by atoms with Crippen molar-refractivity contribution < 1.29 is 29.6 Å². The average Bonchev–Trinajstić information content (AvgIpc) is 2.45. The van der Waals surface area contributed by atoms with E-state index in [0.29, 0.717) is 0 Å². The van der Waals surface area contributed by atoms with Gasteiger partial charge < -0.3 is 25.4 Å². The Bertz CT molecular complexity index is 436. The van der Waals surface area contributed by atoms with Crippen molar-refractivity contribution in [3.63, 3.8) is 0 Å². The largest absolute Gasteiger partial charge is 0.480 e. The van der Waals surface area contributed by atoms with E-state index in [4.69, 9.17) is 14.9 Å². The van der Waals surface area contributed by atoms with E-state index in [9.17, 15) is 14.7 Å². The second kappa shape index (κ2) is 8.13. The lowest BCUT2D eigenvalue weighted by molar-refractivity contribution is -0.140. The standard InChI is InChI=1S/C13H17NO6/c15-7-10(16)6-11(12(17)18)14-13(19)20-8-9-4-2-1-3-5-9/h1-5,10-11,15-16H,6-8H2,(H,14,19)(H,17,18). The van der Waals surface area contributed by atoms with Gasteiger partial charge in [-0.15, -0.1) is 0 Å². The van der Waals surface area contributed by atoms with Gasteiger partial charge in [-0.25, -0.2) is 9.59 Å². The zero-order chi connectivity index (χ0) is 15.0. The van der Waals surface area contributed by atoms with Crippen molar-refractivity contribution >= 4 is 12.1 Å². The minimum atomic E-state index is -1.32. The molecule has 0 heterocycles. The molecule has 0 saturated carbocycles. The summed E-state index contributed by atoms with van der Waals surface area (Å²) in [5.74, 6) is -1.31. The molecule has 1 amide bonds. The number of alkyl carbamates (subject to hydrolysis) is 1. The smallest absolute Gasteiger partial charge is 0.408 e. The number of aliphatic carboxylic acids is 1. The Morgan fingerprint density at radius 3 is 2.45 bits per heavy atom. The van der Waals surface area contributed by atoms with Gasteiger partial charge in [0, 0.05) is 6.42 Å². The molecule has 2 atom stereocenters. The third-order valence-corrected chi connectivity index (χ3v) is 2.52. The highest BCUT2D eigenvalue weighted by Gasteiger charge is 2.23. The molecule has 1 aromatic carbocycles. The van der Waals surface area contributed by atoms with Gasteiger partial charge >= 0.3 is 12.1 Å². The van der Waals surface area contributed by atoms with E-state index in [2.05, 4.69) is 5.32 Å². The number of nitrogens with one attached hydrogen (secondary N) is 1. The highest BCUT2D eigenvalue weighted by atomic mass is 16.5. The highest BCUT2D eigenvalue weighted by molar-refractivity contribution is 5.79. The fourth-order valence-electron chi connectivity index (χ4n) is 1.48. The molecule has 0 radical (unpaired) electrons. The first-order chi connectivity index (χ1) is 9.52. The van der Waals surface area contributed by atoms with E-state index in [-0.39, 0.29) is 13.0 Å². The predicted molar refractivity (Wildman–Crippen MR) is 68.9 cm³/mol. The summed E-state index contributed by atoms with van der Waals surface area (Å²) in [5, 5.41) is 28.9. The summed E-state index contributed by atoms with van der Waals surface area (Å²) >= 11 is 0. The van der Waals surface area contributed by atoms with Crippen LogP contribution < -0.4 is 5.32 Å². The molecule has 0 aliphatic rings. The van der Waals surface area contributed by atoms with Gasteiger partial charge in [-0.3, -0.25) is 0 Å². The Morgan fingerprint density at radius 2 is 1.90 bits per heavy atom. The molecular weight excluding hydrogens is 266 g/mol. The van der Waals surface area contributed by atoms with Gasteiger partial charge in [-0.1, -0.05) is 30.3 Å². The average molecular weight is 283 g/mol. The second-order valence-corrected chi connectivity index (χ2v) is 4.17. The molecule has 7 nitrogen and oxygen atoms in total. The molecule has 110 valence electrons. The number of benzene rings is 1. The van der Waals surface area contributed by atoms with Crippen LogP contribution in [-0.4, -0.2) is 46.1 Å². The molecule has 20 heavy (non-hydrogen) atoms. The van der Waals surface area contributed by atoms with E-state index in [1.54, 1.807) is 24.3 Å². The fourth-order valence-corrected chi connectivity index (χ4v) is 1.48. The molecule has 1 rings (SSSR count). The minimum absolute atomic E-state index is 0.0154. The number of aliphatic hydroxyl groups excluding tert-OH is 2. The molecule has 0 aliphatic heterocycles. The van der Waals surface area contributed by atoms with Crippen LogP contribution in [0.25, 0.3) is 0 Å². The molecule has 0 aliphatic carbocycles. The van der Waals surface area contributed by atoms with Gasteiger partial charge in [0.1, 0.15) is 12.6 Å². The summed E-state index contributed by atoms with van der Waals surface area (Å²) in [6, 6.07) is 7.60. The molecule has 7 heteroatoms. The van der Waals surface area contributed by atoms with Crippen LogP contribution >= 0.6 is 0 Å².